The number of fused-ring (bicyclic) bond motifs is 4. The van der Waals surface area contributed by atoms with Gasteiger partial charge in [-0.2, -0.15) is 0 Å². The molecular formula is C32H23Cl2FN2O5. The molecule has 0 aromatic heterocycles. The summed E-state index contributed by atoms with van der Waals surface area (Å²) in [6.07, 6.45) is 2.24. The lowest BCUT2D eigenvalue weighted by Gasteiger charge is -2.44. The zero-order chi connectivity index (χ0) is 29.4. The average Bonchev–Trinajstić information content (AvgIpc) is 3.38. The van der Waals surface area contributed by atoms with E-state index in [1.165, 1.54) is 11.0 Å². The van der Waals surface area contributed by atoms with Crippen LogP contribution in [0.3, 0.4) is 0 Å². The Morgan fingerprint density at radius 3 is 1.83 bits per heavy atom. The fourth-order valence-corrected chi connectivity index (χ4v) is 7.66. The number of hydrogen-bond donors (Lipinski definition) is 1. The highest BCUT2D eigenvalue weighted by Gasteiger charge is 2.62. The van der Waals surface area contributed by atoms with E-state index in [2.05, 4.69) is 0 Å². The number of nitrogens with zero attached hydrogens (tertiary/aromatic N) is 2. The summed E-state index contributed by atoms with van der Waals surface area (Å²) < 4.78 is 14.7. The highest BCUT2D eigenvalue weighted by Crippen LogP contribution is 2.59. The molecule has 3 aromatic rings. The molecule has 2 heterocycles. The van der Waals surface area contributed by atoms with E-state index >= 15 is 0 Å². The second-order valence-electron chi connectivity index (χ2n) is 11.2. The molecule has 3 fully saturated rings. The van der Waals surface area contributed by atoms with Gasteiger partial charge >= 0.3 is 0 Å². The summed E-state index contributed by atoms with van der Waals surface area (Å²) in [6, 6.07) is 16.8. The van der Waals surface area contributed by atoms with Crippen LogP contribution in [0.1, 0.15) is 24.3 Å². The number of anilines is 2. The first kappa shape index (κ1) is 26.9. The molecule has 3 aromatic carbocycles. The monoisotopic (exact) mass is 604 g/mol. The summed E-state index contributed by atoms with van der Waals surface area (Å²) in [7, 11) is 0. The fourth-order valence-electron chi connectivity index (χ4n) is 7.41. The molecule has 212 valence electrons. The third-order valence-corrected chi connectivity index (χ3v) is 9.68. The number of carbonyl (C=O) groups is 4. The van der Waals surface area contributed by atoms with E-state index in [0.717, 1.165) is 11.0 Å². The fraction of sp³-hybridized carbons (Fsp3) is 0.250. The third kappa shape index (κ3) is 3.85. The number of halogens is 3. The minimum Gasteiger partial charge on any atom is -0.505 e. The number of carbonyl (C=O) groups excluding carboxylic acids is 4. The lowest BCUT2D eigenvalue weighted by molar-refractivity contribution is -0.126. The largest absolute Gasteiger partial charge is 0.505 e. The van der Waals surface area contributed by atoms with Crippen LogP contribution < -0.4 is 9.80 Å². The maximum Gasteiger partial charge on any atom is 0.238 e. The highest BCUT2D eigenvalue weighted by molar-refractivity contribution is 6.31. The Balaban J connectivity index is 1.35. The van der Waals surface area contributed by atoms with Crippen LogP contribution >= 0.6 is 23.2 Å². The summed E-state index contributed by atoms with van der Waals surface area (Å²) in [5, 5.41) is 11.8. The molecule has 7 rings (SSSR count). The van der Waals surface area contributed by atoms with Gasteiger partial charge in [0.2, 0.25) is 23.6 Å². The molecule has 2 aliphatic carbocycles. The van der Waals surface area contributed by atoms with Crippen LogP contribution in [0.5, 0.6) is 5.75 Å². The Morgan fingerprint density at radius 2 is 1.24 bits per heavy atom. The van der Waals surface area contributed by atoms with Gasteiger partial charge in [0.05, 0.1) is 35.0 Å². The average molecular weight is 605 g/mol. The first-order valence-corrected chi connectivity index (χ1v) is 14.4. The number of imide groups is 2. The van der Waals surface area contributed by atoms with Crippen molar-refractivity contribution in [3.63, 3.8) is 0 Å². The van der Waals surface area contributed by atoms with Crippen LogP contribution in [-0.2, 0) is 19.2 Å². The van der Waals surface area contributed by atoms with Crippen LogP contribution in [0, 0.1) is 35.4 Å². The van der Waals surface area contributed by atoms with Gasteiger partial charge in [-0.15, -0.1) is 0 Å². The third-order valence-electron chi connectivity index (χ3n) is 9.17. The van der Waals surface area contributed by atoms with Crippen molar-refractivity contribution in [1.29, 1.82) is 0 Å². The molecule has 7 nitrogen and oxygen atoms in total. The molecular weight excluding hydrogens is 582 g/mol. The van der Waals surface area contributed by atoms with E-state index in [1.54, 1.807) is 54.6 Å². The van der Waals surface area contributed by atoms with Crippen molar-refractivity contribution in [3.8, 4) is 5.75 Å². The molecule has 2 saturated heterocycles. The van der Waals surface area contributed by atoms with Crippen LogP contribution in [0.2, 0.25) is 10.0 Å². The van der Waals surface area contributed by atoms with Gasteiger partial charge in [0, 0.05) is 21.5 Å². The van der Waals surface area contributed by atoms with Gasteiger partial charge in [-0.25, -0.2) is 4.39 Å². The standard InChI is InChI=1S/C32H23Cl2FN2O5/c33-15-4-8-17(9-5-15)36-29(39)21-13-12-19-22(26(21)31(36)41)14-23-27(25(19)20-2-1-3-24(35)28(20)38)32(42)37(30(23)40)18-10-6-16(34)7-11-18/h1-12,21-23,25-27,38H,13-14H2. The van der Waals surface area contributed by atoms with Crippen molar-refractivity contribution in [1.82, 2.24) is 0 Å². The van der Waals surface area contributed by atoms with Gasteiger partial charge in [0.1, 0.15) is 0 Å². The Morgan fingerprint density at radius 1 is 0.690 bits per heavy atom. The van der Waals surface area contributed by atoms with Gasteiger partial charge in [-0.1, -0.05) is 47.0 Å². The molecule has 4 amide bonds. The first-order chi connectivity index (χ1) is 20.2. The van der Waals surface area contributed by atoms with Gasteiger partial charge < -0.3 is 5.11 Å². The molecule has 42 heavy (non-hydrogen) atoms. The van der Waals surface area contributed by atoms with Crippen molar-refractivity contribution < 1.29 is 28.7 Å². The van der Waals surface area contributed by atoms with Crippen LogP contribution in [0.25, 0.3) is 0 Å². The number of hydrogen-bond acceptors (Lipinski definition) is 5. The molecule has 10 heteroatoms. The summed E-state index contributed by atoms with van der Waals surface area (Å²) >= 11 is 12.1. The molecule has 0 bridgehead atoms. The molecule has 0 radical (unpaired) electrons. The van der Waals surface area contributed by atoms with Crippen molar-refractivity contribution in [2.75, 3.05) is 9.80 Å². The summed E-state index contributed by atoms with van der Waals surface area (Å²) in [6.45, 7) is 0. The highest BCUT2D eigenvalue weighted by atomic mass is 35.5. The Kier molecular flexibility index (Phi) is 6.26. The van der Waals surface area contributed by atoms with Crippen LogP contribution in [0.15, 0.2) is 78.4 Å². The number of para-hydroxylation sites is 1. The number of allylic oxidation sites excluding steroid dienone is 2. The Labute approximate surface area is 250 Å². The maximum absolute atomic E-state index is 14.7. The molecule has 0 spiro atoms. The second kappa shape index (κ2) is 9.78. The number of phenols is 1. The zero-order valence-electron chi connectivity index (χ0n) is 21.9. The van der Waals surface area contributed by atoms with Gasteiger partial charge in [0.15, 0.2) is 11.6 Å². The summed E-state index contributed by atoms with van der Waals surface area (Å²) in [5.74, 6) is -7.77. The van der Waals surface area contributed by atoms with Crippen molar-refractivity contribution in [3.05, 3.63) is 99.8 Å². The topological polar surface area (TPSA) is 95.0 Å². The predicted molar refractivity (Wildman–Crippen MR) is 153 cm³/mol. The van der Waals surface area contributed by atoms with E-state index in [4.69, 9.17) is 23.2 Å². The van der Waals surface area contributed by atoms with Crippen LogP contribution in [-0.4, -0.2) is 28.7 Å². The van der Waals surface area contributed by atoms with E-state index < -0.39 is 64.8 Å². The number of rotatable bonds is 3. The van der Waals surface area contributed by atoms with Crippen LogP contribution in [0.4, 0.5) is 15.8 Å². The number of amides is 4. The normalized spacial score (nSPS) is 28.5. The van der Waals surface area contributed by atoms with Crippen molar-refractivity contribution >= 4 is 58.2 Å². The number of benzene rings is 3. The van der Waals surface area contributed by atoms with E-state index in [1.807, 2.05) is 6.08 Å². The van der Waals surface area contributed by atoms with E-state index in [-0.39, 0.29) is 24.3 Å². The minimum absolute atomic E-state index is 0.159. The Hall–Kier alpha value is -4.01. The lowest BCUT2D eigenvalue weighted by atomic mass is 9.57. The molecule has 6 atom stereocenters. The van der Waals surface area contributed by atoms with Gasteiger partial charge in [-0.3, -0.25) is 29.0 Å². The summed E-state index contributed by atoms with van der Waals surface area (Å²) in [4.78, 5) is 57.8. The Bertz CT molecular complexity index is 1710. The minimum atomic E-state index is -0.931. The van der Waals surface area contributed by atoms with E-state index in [9.17, 15) is 28.7 Å². The SMILES string of the molecule is O=C1C2CC=C3C(CC4C(=O)N(c5ccc(Cl)cc5)C(=O)C4C3c3cccc(F)c3O)C2C(=O)N1c1ccc(Cl)cc1. The molecule has 1 N–H and O–H groups in total. The van der Waals surface area contributed by atoms with Crippen molar-refractivity contribution in [2.24, 2.45) is 29.6 Å². The molecule has 6 unspecified atom stereocenters. The van der Waals surface area contributed by atoms with Crippen molar-refractivity contribution in [2.45, 2.75) is 18.8 Å². The molecule has 2 aliphatic heterocycles. The predicted octanol–water partition coefficient (Wildman–Crippen LogP) is 5.88. The van der Waals surface area contributed by atoms with Gasteiger partial charge in [-0.05, 0) is 73.4 Å². The maximum atomic E-state index is 14.7. The van der Waals surface area contributed by atoms with Gasteiger partial charge in [0.25, 0.3) is 0 Å². The quantitative estimate of drug-likeness (QED) is 0.297. The lowest BCUT2D eigenvalue weighted by Crippen LogP contribution is -2.43. The number of phenolic OH excluding ortho intramolecular Hbond substituents is 1. The molecule has 1 saturated carbocycles. The zero-order valence-corrected chi connectivity index (χ0v) is 23.4. The summed E-state index contributed by atoms with van der Waals surface area (Å²) in [5.41, 5.74) is 1.59. The number of aromatic hydroxyl groups is 1. The van der Waals surface area contributed by atoms with E-state index in [0.29, 0.717) is 27.0 Å². The second-order valence-corrected chi connectivity index (χ2v) is 12.1. The first-order valence-electron chi connectivity index (χ1n) is 13.6. The smallest absolute Gasteiger partial charge is 0.238 e. The molecule has 4 aliphatic rings.